The minimum Gasteiger partial charge on any atom is -0.493 e. The maximum absolute atomic E-state index is 13.5. The minimum absolute atomic E-state index is 0.161. The molecule has 2 aliphatic heterocycles. The van der Waals surface area contributed by atoms with Crippen LogP contribution < -0.4 is 14.2 Å². The molecule has 6 heteroatoms. The molecule has 0 aliphatic carbocycles. The lowest BCUT2D eigenvalue weighted by molar-refractivity contribution is 0.171. The van der Waals surface area contributed by atoms with Gasteiger partial charge in [-0.2, -0.15) is 0 Å². The van der Waals surface area contributed by atoms with Gasteiger partial charge in [-0.25, -0.2) is 4.39 Å². The molecule has 4 heterocycles. The van der Waals surface area contributed by atoms with Gasteiger partial charge in [-0.3, -0.25) is 9.97 Å². The van der Waals surface area contributed by atoms with Crippen molar-refractivity contribution in [2.75, 3.05) is 19.8 Å². The lowest BCUT2D eigenvalue weighted by atomic mass is 10.00. The normalized spacial score (nSPS) is 12.8. The van der Waals surface area contributed by atoms with Gasteiger partial charge in [-0.15, -0.1) is 0 Å². The van der Waals surface area contributed by atoms with Crippen LogP contribution in [0.2, 0.25) is 0 Å². The Labute approximate surface area is 309 Å². The lowest BCUT2D eigenvalue weighted by Gasteiger charge is -2.19. The van der Waals surface area contributed by atoms with E-state index >= 15 is 0 Å². The van der Waals surface area contributed by atoms with Crippen LogP contribution in [0.4, 0.5) is 4.39 Å². The smallest absolute Gasteiger partial charge is 0.161 e. The first-order valence-electron chi connectivity index (χ1n) is 18.5. The van der Waals surface area contributed by atoms with E-state index in [1.165, 1.54) is 33.7 Å². The quantitative estimate of drug-likeness (QED) is 0.183. The summed E-state index contributed by atoms with van der Waals surface area (Å²) in [6, 6.07) is 30.4. The van der Waals surface area contributed by atoms with E-state index < -0.39 is 0 Å². The Bertz CT molecular complexity index is 2070. The number of pyridine rings is 2. The zero-order chi connectivity index (χ0) is 37.2. The molecule has 52 heavy (non-hydrogen) atoms. The van der Waals surface area contributed by atoms with Crippen molar-refractivity contribution in [1.29, 1.82) is 0 Å². The highest BCUT2D eigenvalue weighted by atomic mass is 19.1. The lowest BCUT2D eigenvalue weighted by Crippen LogP contribution is -2.15. The van der Waals surface area contributed by atoms with Gasteiger partial charge in [-0.1, -0.05) is 91.8 Å². The molecule has 0 unspecified atom stereocenters. The van der Waals surface area contributed by atoms with E-state index in [-0.39, 0.29) is 11.7 Å². The summed E-state index contributed by atoms with van der Waals surface area (Å²) in [5.41, 5.74) is 8.01. The maximum Gasteiger partial charge on any atom is 0.161 e. The van der Waals surface area contributed by atoms with Crippen LogP contribution in [0.1, 0.15) is 107 Å². The third-order valence-corrected chi connectivity index (χ3v) is 9.25. The van der Waals surface area contributed by atoms with Crippen molar-refractivity contribution < 1.29 is 18.6 Å². The van der Waals surface area contributed by atoms with Crippen molar-refractivity contribution in [3.63, 3.8) is 0 Å². The highest BCUT2D eigenvalue weighted by Gasteiger charge is 2.14. The molecule has 0 N–H and O–H groups in total. The van der Waals surface area contributed by atoms with Gasteiger partial charge in [0.15, 0.2) is 11.5 Å². The van der Waals surface area contributed by atoms with Gasteiger partial charge < -0.3 is 14.2 Å². The van der Waals surface area contributed by atoms with Crippen LogP contribution in [0, 0.1) is 5.82 Å². The standard InChI is InChI=1S/C12H12FN.C12H13N.C11H14O2.C11H14O/c1-8(2)10-6-9-4-3-5-14-12(9)7-11(10)13;1-9(2)10-5-6-12-11(8-10)4-3-7-13-12;1-8(2)9-3-4-10-11(7-9)13-6-5-12-10;1-8(2)9-3-4-11-10(7-9)5-6-12-11/h3-8H,1-2H3;3-9H,1-2H3;3-4,7-8H,5-6H2,1-2H3;3-4,7-8H,5-6H2,1-2H3. The number of fused-ring (bicyclic) bond motifs is 4. The van der Waals surface area contributed by atoms with Crippen molar-refractivity contribution in [3.05, 3.63) is 137 Å². The third-order valence-electron chi connectivity index (χ3n) is 9.25. The molecule has 8 rings (SSSR count). The molecule has 6 aromatic rings. The zero-order valence-corrected chi connectivity index (χ0v) is 31.9. The van der Waals surface area contributed by atoms with Gasteiger partial charge in [-0.05, 0) is 100 Å². The van der Waals surface area contributed by atoms with Crippen molar-refractivity contribution in [2.24, 2.45) is 0 Å². The van der Waals surface area contributed by atoms with Gasteiger partial charge in [0.1, 0.15) is 24.8 Å². The summed E-state index contributed by atoms with van der Waals surface area (Å²) in [5.74, 6) is 4.63. The van der Waals surface area contributed by atoms with Crippen molar-refractivity contribution in [2.45, 2.75) is 85.5 Å². The third kappa shape index (κ3) is 10.1. The van der Waals surface area contributed by atoms with Gasteiger partial charge in [0.25, 0.3) is 0 Å². The maximum atomic E-state index is 13.5. The molecule has 5 nitrogen and oxygen atoms in total. The molecule has 0 bridgehead atoms. The minimum atomic E-state index is -0.161. The first-order chi connectivity index (χ1) is 25.0. The van der Waals surface area contributed by atoms with Crippen LogP contribution in [0.5, 0.6) is 17.2 Å². The van der Waals surface area contributed by atoms with E-state index in [1.54, 1.807) is 6.20 Å². The fourth-order valence-electron chi connectivity index (χ4n) is 5.99. The predicted molar refractivity (Wildman–Crippen MR) is 213 cm³/mol. The van der Waals surface area contributed by atoms with Crippen molar-refractivity contribution >= 4 is 21.8 Å². The molecule has 2 aliphatic rings. The summed E-state index contributed by atoms with van der Waals surface area (Å²) in [4.78, 5) is 8.38. The van der Waals surface area contributed by atoms with E-state index in [2.05, 4.69) is 106 Å². The highest BCUT2D eigenvalue weighted by Crippen LogP contribution is 2.33. The fourth-order valence-corrected chi connectivity index (χ4v) is 5.99. The van der Waals surface area contributed by atoms with Crippen LogP contribution in [0.15, 0.2) is 103 Å². The predicted octanol–water partition coefficient (Wildman–Crippen LogP) is 12.2. The molecule has 272 valence electrons. The number of rotatable bonds is 4. The van der Waals surface area contributed by atoms with Crippen LogP contribution >= 0.6 is 0 Å². The van der Waals surface area contributed by atoms with E-state index in [1.807, 2.05) is 50.4 Å². The Morgan fingerprint density at radius 1 is 0.500 bits per heavy atom. The summed E-state index contributed by atoms with van der Waals surface area (Å²) in [5, 5.41) is 2.23. The molecule has 0 saturated heterocycles. The Balaban J connectivity index is 0.000000134. The largest absolute Gasteiger partial charge is 0.493 e. The highest BCUT2D eigenvalue weighted by molar-refractivity contribution is 5.80. The number of aromatic nitrogens is 2. The van der Waals surface area contributed by atoms with E-state index in [0.717, 1.165) is 52.3 Å². The number of hydrogen-bond acceptors (Lipinski definition) is 5. The molecule has 0 radical (unpaired) electrons. The molecular weight excluding hydrogens is 648 g/mol. The summed E-state index contributed by atoms with van der Waals surface area (Å²) in [6.45, 7) is 19.3. The second-order valence-corrected chi connectivity index (χ2v) is 14.5. The summed E-state index contributed by atoms with van der Waals surface area (Å²) < 4.78 is 29.9. The molecule has 0 amide bonds. The Hall–Kier alpha value is -4.97. The van der Waals surface area contributed by atoms with Crippen molar-refractivity contribution in [3.8, 4) is 17.2 Å². The first kappa shape index (κ1) is 38.3. The molecule has 0 atom stereocenters. The average molecular weight is 701 g/mol. The SMILES string of the molecule is CC(C)c1cc2cccnc2cc1F.CC(C)c1ccc2c(c1)CCO2.CC(C)c1ccc2c(c1)OCCO2.CC(C)c1ccc2ncccc2c1. The van der Waals surface area contributed by atoms with Crippen LogP contribution in [0.25, 0.3) is 21.8 Å². The summed E-state index contributed by atoms with van der Waals surface area (Å²) >= 11 is 0. The molecule has 0 fully saturated rings. The van der Waals surface area contributed by atoms with Gasteiger partial charge in [0.05, 0.1) is 17.6 Å². The van der Waals surface area contributed by atoms with Crippen LogP contribution in [0.3, 0.4) is 0 Å². The van der Waals surface area contributed by atoms with Gasteiger partial charge in [0.2, 0.25) is 0 Å². The molecule has 2 aromatic heterocycles. The molecule has 0 spiro atoms. The van der Waals surface area contributed by atoms with E-state index in [4.69, 9.17) is 14.2 Å². The van der Waals surface area contributed by atoms with Crippen molar-refractivity contribution in [1.82, 2.24) is 9.97 Å². The van der Waals surface area contributed by atoms with Crippen LogP contribution in [-0.2, 0) is 6.42 Å². The number of hydrogen-bond donors (Lipinski definition) is 0. The Morgan fingerprint density at radius 2 is 1.04 bits per heavy atom. The summed E-state index contributed by atoms with van der Waals surface area (Å²) in [6.07, 6.45) is 4.59. The second kappa shape index (κ2) is 18.0. The van der Waals surface area contributed by atoms with Crippen LogP contribution in [-0.4, -0.2) is 29.8 Å². The number of ether oxygens (including phenoxy) is 3. The zero-order valence-electron chi connectivity index (χ0n) is 31.9. The molecule has 4 aromatic carbocycles. The summed E-state index contributed by atoms with van der Waals surface area (Å²) in [7, 11) is 0. The molecular formula is C46H53FN2O3. The Morgan fingerprint density at radius 3 is 1.69 bits per heavy atom. The second-order valence-electron chi connectivity index (χ2n) is 14.5. The first-order valence-corrected chi connectivity index (χ1v) is 18.5. The van der Waals surface area contributed by atoms with E-state index in [0.29, 0.717) is 31.0 Å². The average Bonchev–Trinajstić information content (AvgIpc) is 3.63. The van der Waals surface area contributed by atoms with Gasteiger partial charge >= 0.3 is 0 Å². The number of benzene rings is 4. The number of nitrogens with zero attached hydrogens (tertiary/aromatic N) is 2. The monoisotopic (exact) mass is 700 g/mol. The fraction of sp³-hybridized carbons (Fsp3) is 0.348. The number of halogens is 1. The Kier molecular flexibility index (Phi) is 13.2. The molecule has 0 saturated carbocycles. The van der Waals surface area contributed by atoms with Gasteiger partial charge in [0, 0.05) is 35.7 Å². The van der Waals surface area contributed by atoms with E-state index in [9.17, 15) is 4.39 Å². The topological polar surface area (TPSA) is 53.5 Å².